The van der Waals surface area contributed by atoms with E-state index in [-0.39, 0.29) is 5.91 Å². The lowest BCUT2D eigenvalue weighted by Gasteiger charge is -2.09. The summed E-state index contributed by atoms with van der Waals surface area (Å²) in [5, 5.41) is 12.3. The third-order valence-corrected chi connectivity index (χ3v) is 4.45. The number of rotatable bonds is 5. The van der Waals surface area contributed by atoms with Crippen molar-refractivity contribution in [1.82, 2.24) is 0 Å². The summed E-state index contributed by atoms with van der Waals surface area (Å²) in [7, 11) is 0. The summed E-state index contributed by atoms with van der Waals surface area (Å²) in [6, 6.07) is 14.4. The number of thioether (sulfide) groups is 1. The highest BCUT2D eigenvalue weighted by molar-refractivity contribution is 7.99. The molecule has 0 spiro atoms. The van der Waals surface area contributed by atoms with E-state index in [0.717, 1.165) is 5.56 Å². The van der Waals surface area contributed by atoms with Gasteiger partial charge in [0, 0.05) is 5.75 Å². The normalized spacial score (nSPS) is 10.0. The topological polar surface area (TPSA) is 52.9 Å². The molecular formula is C16H12Cl2N2OS. The number of halogens is 2. The number of hydrogen-bond donors (Lipinski definition) is 1. The molecule has 2 aromatic rings. The summed E-state index contributed by atoms with van der Waals surface area (Å²) < 4.78 is 0. The molecule has 0 unspecified atom stereocenters. The number of para-hydroxylation sites is 1. The molecule has 0 aliphatic heterocycles. The lowest BCUT2D eigenvalue weighted by molar-refractivity contribution is -0.113. The van der Waals surface area contributed by atoms with E-state index in [1.54, 1.807) is 30.3 Å². The molecule has 112 valence electrons. The van der Waals surface area contributed by atoms with Gasteiger partial charge in [-0.2, -0.15) is 5.26 Å². The molecular weight excluding hydrogens is 339 g/mol. The van der Waals surface area contributed by atoms with Gasteiger partial charge in [-0.15, -0.1) is 11.8 Å². The predicted molar refractivity (Wildman–Crippen MR) is 92.4 cm³/mol. The highest BCUT2D eigenvalue weighted by atomic mass is 35.5. The first-order valence-electron chi connectivity index (χ1n) is 6.41. The maximum atomic E-state index is 11.9. The van der Waals surface area contributed by atoms with Crippen molar-refractivity contribution in [2.24, 2.45) is 0 Å². The van der Waals surface area contributed by atoms with Crippen molar-refractivity contribution in [3.8, 4) is 6.07 Å². The van der Waals surface area contributed by atoms with Gasteiger partial charge in [0.1, 0.15) is 0 Å². The Morgan fingerprint density at radius 3 is 2.36 bits per heavy atom. The minimum Gasteiger partial charge on any atom is -0.323 e. The number of carbonyl (C=O) groups excluding carboxylic acids is 1. The first-order valence-corrected chi connectivity index (χ1v) is 8.32. The Kier molecular flexibility index (Phi) is 6.14. The average Bonchev–Trinajstić information content (AvgIpc) is 2.52. The molecule has 0 saturated heterocycles. The molecule has 1 amide bonds. The monoisotopic (exact) mass is 350 g/mol. The first-order chi connectivity index (χ1) is 10.6. The molecule has 6 heteroatoms. The summed E-state index contributed by atoms with van der Waals surface area (Å²) >= 11 is 13.5. The average molecular weight is 351 g/mol. The van der Waals surface area contributed by atoms with Gasteiger partial charge in [-0.05, 0) is 29.8 Å². The summed E-state index contributed by atoms with van der Waals surface area (Å²) in [6.45, 7) is 0. The molecule has 22 heavy (non-hydrogen) atoms. The Morgan fingerprint density at radius 1 is 1.14 bits per heavy atom. The SMILES string of the molecule is N#Cc1ccc(CSCC(=O)Nc2c(Cl)cccc2Cl)cc1. The standard InChI is InChI=1S/C16H12Cl2N2OS/c17-13-2-1-3-14(18)16(13)20-15(21)10-22-9-12-6-4-11(8-19)5-7-12/h1-7H,9-10H2,(H,20,21). The van der Waals surface area contributed by atoms with Crippen LogP contribution in [-0.2, 0) is 10.5 Å². The third kappa shape index (κ3) is 4.67. The molecule has 0 saturated carbocycles. The zero-order chi connectivity index (χ0) is 15.9. The summed E-state index contributed by atoms with van der Waals surface area (Å²) in [5.41, 5.74) is 2.13. The van der Waals surface area contributed by atoms with Crippen LogP contribution in [0.5, 0.6) is 0 Å². The van der Waals surface area contributed by atoms with Crippen LogP contribution in [0.4, 0.5) is 5.69 Å². The van der Waals surface area contributed by atoms with Crippen molar-refractivity contribution in [3.05, 3.63) is 63.6 Å². The lowest BCUT2D eigenvalue weighted by atomic mass is 10.2. The number of benzene rings is 2. The molecule has 0 atom stereocenters. The Balaban J connectivity index is 1.84. The van der Waals surface area contributed by atoms with Gasteiger partial charge in [-0.25, -0.2) is 0 Å². The predicted octanol–water partition coefficient (Wildman–Crippen LogP) is 4.74. The fourth-order valence-corrected chi connectivity index (χ4v) is 3.01. The number of nitriles is 1. The van der Waals surface area contributed by atoms with E-state index >= 15 is 0 Å². The Hall–Kier alpha value is -1.67. The quantitative estimate of drug-likeness (QED) is 0.847. The highest BCUT2D eigenvalue weighted by Gasteiger charge is 2.09. The zero-order valence-corrected chi connectivity index (χ0v) is 13.8. The van der Waals surface area contributed by atoms with Gasteiger partial charge in [0.05, 0.1) is 33.1 Å². The van der Waals surface area contributed by atoms with E-state index in [4.69, 9.17) is 28.5 Å². The number of anilines is 1. The van der Waals surface area contributed by atoms with Gasteiger partial charge in [-0.3, -0.25) is 4.79 Å². The van der Waals surface area contributed by atoms with Gasteiger partial charge in [0.2, 0.25) is 5.91 Å². The minimum atomic E-state index is -0.159. The molecule has 1 N–H and O–H groups in total. The maximum absolute atomic E-state index is 11.9. The molecule has 0 fully saturated rings. The van der Waals surface area contributed by atoms with Crippen molar-refractivity contribution >= 4 is 46.6 Å². The molecule has 0 aromatic heterocycles. The van der Waals surface area contributed by atoms with Crippen LogP contribution in [0.25, 0.3) is 0 Å². The number of nitrogens with zero attached hydrogens (tertiary/aromatic N) is 1. The zero-order valence-electron chi connectivity index (χ0n) is 11.5. The number of amides is 1. The van der Waals surface area contributed by atoms with Crippen molar-refractivity contribution < 1.29 is 4.79 Å². The Morgan fingerprint density at radius 2 is 1.77 bits per heavy atom. The molecule has 0 radical (unpaired) electrons. The van der Waals surface area contributed by atoms with Crippen LogP contribution in [0.2, 0.25) is 10.0 Å². The van der Waals surface area contributed by atoms with Crippen LogP contribution in [0.1, 0.15) is 11.1 Å². The van der Waals surface area contributed by atoms with Crippen LogP contribution < -0.4 is 5.32 Å². The van der Waals surface area contributed by atoms with E-state index in [1.165, 1.54) is 11.8 Å². The van der Waals surface area contributed by atoms with Crippen LogP contribution >= 0.6 is 35.0 Å². The van der Waals surface area contributed by atoms with Crippen molar-refractivity contribution in [1.29, 1.82) is 5.26 Å². The molecule has 0 bridgehead atoms. The molecule has 3 nitrogen and oxygen atoms in total. The fraction of sp³-hybridized carbons (Fsp3) is 0.125. The summed E-state index contributed by atoms with van der Waals surface area (Å²) in [4.78, 5) is 11.9. The van der Waals surface area contributed by atoms with E-state index in [9.17, 15) is 4.79 Å². The van der Waals surface area contributed by atoms with E-state index < -0.39 is 0 Å². The van der Waals surface area contributed by atoms with Gasteiger partial charge in [0.15, 0.2) is 0 Å². The fourth-order valence-electron chi connectivity index (χ4n) is 1.73. The number of nitrogens with one attached hydrogen (secondary N) is 1. The lowest BCUT2D eigenvalue weighted by Crippen LogP contribution is -2.14. The third-order valence-electron chi connectivity index (χ3n) is 2.81. The second-order valence-corrected chi connectivity index (χ2v) is 6.25. The largest absolute Gasteiger partial charge is 0.323 e. The van der Waals surface area contributed by atoms with Crippen molar-refractivity contribution in [2.75, 3.05) is 11.1 Å². The first kappa shape index (κ1) is 16.7. The van der Waals surface area contributed by atoms with Gasteiger partial charge in [0.25, 0.3) is 0 Å². The van der Waals surface area contributed by atoms with Gasteiger partial charge < -0.3 is 5.32 Å². The van der Waals surface area contributed by atoms with Crippen LogP contribution in [0, 0.1) is 11.3 Å². The minimum absolute atomic E-state index is 0.159. The van der Waals surface area contributed by atoms with Crippen LogP contribution in [0.15, 0.2) is 42.5 Å². The Bertz CT molecular complexity index is 691. The van der Waals surface area contributed by atoms with Gasteiger partial charge in [-0.1, -0.05) is 41.4 Å². The molecule has 2 aromatic carbocycles. The van der Waals surface area contributed by atoms with Crippen LogP contribution in [0.3, 0.4) is 0 Å². The second-order valence-electron chi connectivity index (χ2n) is 4.45. The number of hydrogen-bond acceptors (Lipinski definition) is 3. The van der Waals surface area contributed by atoms with Gasteiger partial charge >= 0.3 is 0 Å². The summed E-state index contributed by atoms with van der Waals surface area (Å²) in [5.74, 6) is 0.824. The maximum Gasteiger partial charge on any atom is 0.234 e. The number of carbonyl (C=O) groups is 1. The highest BCUT2D eigenvalue weighted by Crippen LogP contribution is 2.29. The molecule has 0 heterocycles. The molecule has 0 aliphatic rings. The van der Waals surface area contributed by atoms with Crippen LogP contribution in [-0.4, -0.2) is 11.7 Å². The summed E-state index contributed by atoms with van der Waals surface area (Å²) in [6.07, 6.45) is 0. The Labute approximate surface area is 143 Å². The molecule has 2 rings (SSSR count). The van der Waals surface area contributed by atoms with E-state index in [1.807, 2.05) is 12.1 Å². The van der Waals surface area contributed by atoms with Crippen molar-refractivity contribution in [3.63, 3.8) is 0 Å². The van der Waals surface area contributed by atoms with E-state index in [2.05, 4.69) is 11.4 Å². The van der Waals surface area contributed by atoms with E-state index in [0.29, 0.717) is 32.8 Å². The van der Waals surface area contributed by atoms with Crippen molar-refractivity contribution in [2.45, 2.75) is 5.75 Å². The molecule has 0 aliphatic carbocycles. The second kappa shape index (κ2) is 8.09. The smallest absolute Gasteiger partial charge is 0.234 e.